The molecule has 1 aliphatic heterocycles. The van der Waals surface area contributed by atoms with Crippen molar-refractivity contribution in [1.82, 2.24) is 4.98 Å². The van der Waals surface area contributed by atoms with Gasteiger partial charge < -0.3 is 15.8 Å². The van der Waals surface area contributed by atoms with Crippen LogP contribution < -0.4 is 11.1 Å². The Labute approximate surface area is 127 Å². The van der Waals surface area contributed by atoms with Crippen molar-refractivity contribution in [1.29, 1.82) is 0 Å². The Morgan fingerprint density at radius 1 is 1.43 bits per heavy atom. The van der Waals surface area contributed by atoms with E-state index in [1.807, 2.05) is 12.1 Å². The highest BCUT2D eigenvalue weighted by atomic mass is 35.5. The molecule has 21 heavy (non-hydrogen) atoms. The maximum atomic E-state index is 12.3. The summed E-state index contributed by atoms with van der Waals surface area (Å²) in [6.45, 7) is 0.440. The molecule has 0 bridgehead atoms. The van der Waals surface area contributed by atoms with Crippen molar-refractivity contribution >= 4 is 34.1 Å². The number of rotatable bonds is 3. The van der Waals surface area contributed by atoms with Gasteiger partial charge in [0.1, 0.15) is 6.10 Å². The van der Waals surface area contributed by atoms with E-state index in [1.165, 1.54) is 0 Å². The van der Waals surface area contributed by atoms with Gasteiger partial charge in [-0.1, -0.05) is 11.6 Å². The lowest BCUT2D eigenvalue weighted by Crippen LogP contribution is -2.29. The molecule has 6 heteroatoms. The largest absolute Gasteiger partial charge is 0.364 e. The number of amides is 1. The number of halogens is 1. The van der Waals surface area contributed by atoms with E-state index in [1.54, 1.807) is 18.3 Å². The molecule has 2 heterocycles. The molecule has 1 aromatic carbocycles. The van der Waals surface area contributed by atoms with Gasteiger partial charge in [0, 0.05) is 18.1 Å². The van der Waals surface area contributed by atoms with Gasteiger partial charge >= 0.3 is 0 Å². The van der Waals surface area contributed by atoms with Gasteiger partial charge in [0.15, 0.2) is 0 Å². The van der Waals surface area contributed by atoms with Crippen LogP contribution in [0.25, 0.3) is 10.9 Å². The predicted molar refractivity (Wildman–Crippen MR) is 82.3 cm³/mol. The van der Waals surface area contributed by atoms with Gasteiger partial charge in [0.2, 0.25) is 0 Å². The molecule has 2 unspecified atom stereocenters. The Hall–Kier alpha value is -1.69. The lowest BCUT2D eigenvalue weighted by atomic mass is 10.1. The van der Waals surface area contributed by atoms with Crippen LogP contribution in [0.1, 0.15) is 12.8 Å². The molecule has 1 amide bonds. The molecule has 3 N–H and O–H groups in total. The summed E-state index contributed by atoms with van der Waals surface area (Å²) in [7, 11) is 0. The number of aromatic nitrogens is 1. The molecular formula is C15H16ClN3O2. The third-order valence-electron chi connectivity index (χ3n) is 3.64. The molecule has 0 saturated carbocycles. The number of nitrogens with one attached hydrogen (secondary N) is 1. The minimum Gasteiger partial charge on any atom is -0.364 e. The van der Waals surface area contributed by atoms with Gasteiger partial charge in [-0.05, 0) is 37.1 Å². The Balaban J connectivity index is 1.82. The zero-order valence-corrected chi connectivity index (χ0v) is 12.1. The van der Waals surface area contributed by atoms with Gasteiger partial charge in [-0.3, -0.25) is 9.78 Å². The van der Waals surface area contributed by atoms with Crippen molar-refractivity contribution in [3.63, 3.8) is 0 Å². The Morgan fingerprint density at radius 2 is 2.29 bits per heavy atom. The monoisotopic (exact) mass is 305 g/mol. The van der Waals surface area contributed by atoms with Gasteiger partial charge in [-0.15, -0.1) is 0 Å². The zero-order chi connectivity index (χ0) is 14.8. The number of nitrogens with two attached hydrogens (primary N) is 1. The molecule has 1 saturated heterocycles. The van der Waals surface area contributed by atoms with E-state index >= 15 is 0 Å². The number of hydrogen-bond donors (Lipinski definition) is 2. The van der Waals surface area contributed by atoms with E-state index < -0.39 is 6.10 Å². The third-order valence-corrected chi connectivity index (χ3v) is 3.97. The Kier molecular flexibility index (Phi) is 4.05. The summed E-state index contributed by atoms with van der Waals surface area (Å²) in [6, 6.07) is 7.19. The topological polar surface area (TPSA) is 77.2 Å². The average Bonchev–Trinajstić information content (AvgIpc) is 2.99. The van der Waals surface area contributed by atoms with E-state index in [0.717, 1.165) is 11.8 Å². The van der Waals surface area contributed by atoms with Crippen LogP contribution in [-0.4, -0.2) is 29.6 Å². The van der Waals surface area contributed by atoms with Crippen LogP contribution in [0.4, 0.5) is 5.69 Å². The summed E-state index contributed by atoms with van der Waals surface area (Å²) in [4.78, 5) is 16.6. The number of ether oxygens (including phenoxy) is 1. The molecule has 1 aromatic heterocycles. The quantitative estimate of drug-likeness (QED) is 0.912. The summed E-state index contributed by atoms with van der Waals surface area (Å²) in [5, 5.41) is 4.29. The molecule has 110 valence electrons. The maximum absolute atomic E-state index is 12.3. The number of pyridine rings is 1. The second-order valence-corrected chi connectivity index (χ2v) is 5.45. The number of nitrogens with zero attached hydrogens (tertiary/aromatic N) is 1. The smallest absolute Gasteiger partial charge is 0.253 e. The van der Waals surface area contributed by atoms with Crippen molar-refractivity contribution in [3.8, 4) is 0 Å². The summed E-state index contributed by atoms with van der Waals surface area (Å²) in [5.74, 6) is -0.166. The van der Waals surface area contributed by atoms with E-state index in [-0.39, 0.29) is 12.0 Å². The Bertz CT molecular complexity index is 677. The first-order valence-electron chi connectivity index (χ1n) is 6.88. The highest BCUT2D eigenvalue weighted by Gasteiger charge is 2.30. The lowest BCUT2D eigenvalue weighted by molar-refractivity contribution is -0.126. The van der Waals surface area contributed by atoms with Crippen LogP contribution in [0.3, 0.4) is 0 Å². The highest BCUT2D eigenvalue weighted by molar-refractivity contribution is 6.35. The van der Waals surface area contributed by atoms with E-state index in [4.69, 9.17) is 22.1 Å². The number of carbonyl (C=O) groups excluding carboxylic acids is 1. The SMILES string of the molecule is NCC1CCC(C(=O)Nc2ccc(Cl)c3cccnc23)O1. The maximum Gasteiger partial charge on any atom is 0.253 e. The van der Waals surface area contributed by atoms with Gasteiger partial charge in [0.25, 0.3) is 5.91 Å². The van der Waals surface area contributed by atoms with Crippen LogP contribution in [0.5, 0.6) is 0 Å². The molecule has 2 atom stereocenters. The number of benzene rings is 1. The van der Waals surface area contributed by atoms with Gasteiger partial charge in [-0.2, -0.15) is 0 Å². The van der Waals surface area contributed by atoms with Crippen molar-refractivity contribution in [2.24, 2.45) is 5.73 Å². The summed E-state index contributed by atoms with van der Waals surface area (Å²) in [5.41, 5.74) is 6.87. The van der Waals surface area contributed by atoms with E-state index in [0.29, 0.717) is 29.2 Å². The fourth-order valence-electron chi connectivity index (χ4n) is 2.52. The summed E-state index contributed by atoms with van der Waals surface area (Å²) in [6.07, 6.45) is 2.69. The van der Waals surface area contributed by atoms with Crippen LogP contribution in [-0.2, 0) is 9.53 Å². The highest BCUT2D eigenvalue weighted by Crippen LogP contribution is 2.29. The molecule has 1 fully saturated rings. The molecule has 3 rings (SSSR count). The van der Waals surface area contributed by atoms with Crippen molar-refractivity contribution in [2.45, 2.75) is 25.0 Å². The molecule has 0 aliphatic carbocycles. The Morgan fingerprint density at radius 3 is 3.05 bits per heavy atom. The normalized spacial score (nSPS) is 21.6. The first-order chi connectivity index (χ1) is 10.2. The molecule has 0 radical (unpaired) electrons. The first-order valence-corrected chi connectivity index (χ1v) is 7.26. The minimum atomic E-state index is -0.451. The standard InChI is InChI=1S/C15H16ClN3O2/c16-11-4-5-12(14-10(11)2-1-7-18-14)19-15(20)13-6-3-9(8-17)21-13/h1-2,4-5,7,9,13H,3,6,8,17H2,(H,19,20). The second-order valence-electron chi connectivity index (χ2n) is 5.04. The molecular weight excluding hydrogens is 290 g/mol. The lowest BCUT2D eigenvalue weighted by Gasteiger charge is -2.14. The number of carbonyl (C=O) groups is 1. The third kappa shape index (κ3) is 2.85. The van der Waals surface area contributed by atoms with E-state index in [9.17, 15) is 4.79 Å². The number of hydrogen-bond acceptors (Lipinski definition) is 4. The molecule has 1 aliphatic rings. The molecule has 2 aromatic rings. The summed E-state index contributed by atoms with van der Waals surface area (Å²) < 4.78 is 5.60. The fraction of sp³-hybridized carbons (Fsp3) is 0.333. The second kappa shape index (κ2) is 5.97. The van der Waals surface area contributed by atoms with E-state index in [2.05, 4.69) is 10.3 Å². The molecule has 5 nitrogen and oxygen atoms in total. The summed E-state index contributed by atoms with van der Waals surface area (Å²) >= 11 is 6.14. The molecule has 0 spiro atoms. The van der Waals surface area contributed by atoms with Crippen LogP contribution >= 0.6 is 11.6 Å². The minimum absolute atomic E-state index is 0.0270. The van der Waals surface area contributed by atoms with Crippen molar-refractivity contribution < 1.29 is 9.53 Å². The predicted octanol–water partition coefficient (Wildman–Crippen LogP) is 2.33. The van der Waals surface area contributed by atoms with Gasteiger partial charge in [-0.25, -0.2) is 0 Å². The fourth-order valence-corrected chi connectivity index (χ4v) is 2.74. The first kappa shape index (κ1) is 14.3. The zero-order valence-electron chi connectivity index (χ0n) is 11.4. The average molecular weight is 306 g/mol. The number of fused-ring (bicyclic) bond motifs is 1. The van der Waals surface area contributed by atoms with Crippen molar-refractivity contribution in [2.75, 3.05) is 11.9 Å². The number of anilines is 1. The van der Waals surface area contributed by atoms with Crippen LogP contribution in [0, 0.1) is 0 Å². The van der Waals surface area contributed by atoms with Gasteiger partial charge in [0.05, 0.1) is 22.3 Å². The van der Waals surface area contributed by atoms with Crippen LogP contribution in [0.15, 0.2) is 30.5 Å². The van der Waals surface area contributed by atoms with Crippen LogP contribution in [0.2, 0.25) is 5.02 Å². The van der Waals surface area contributed by atoms with Crippen molar-refractivity contribution in [3.05, 3.63) is 35.5 Å².